The Balaban J connectivity index is 2.22. The number of nitrogens with zero attached hydrogens (tertiary/aromatic N) is 1. The summed E-state index contributed by atoms with van der Waals surface area (Å²) in [5.74, 6) is 0.800. The zero-order valence-corrected chi connectivity index (χ0v) is 7.99. The van der Waals surface area contributed by atoms with Gasteiger partial charge in [0.1, 0.15) is 11.3 Å². The van der Waals surface area contributed by atoms with Gasteiger partial charge in [-0.1, -0.05) is 12.1 Å². The van der Waals surface area contributed by atoms with E-state index in [0.29, 0.717) is 18.7 Å². The first-order valence-corrected chi connectivity index (χ1v) is 4.59. The van der Waals surface area contributed by atoms with Crippen LogP contribution in [0.15, 0.2) is 28.7 Å². The van der Waals surface area contributed by atoms with E-state index in [-0.39, 0.29) is 5.78 Å². The van der Waals surface area contributed by atoms with Gasteiger partial charge in [0.2, 0.25) is 0 Å². The van der Waals surface area contributed by atoms with Crippen LogP contribution in [0.2, 0.25) is 0 Å². The molecule has 1 heterocycles. The van der Waals surface area contributed by atoms with Crippen LogP contribution in [0.4, 0.5) is 0 Å². The minimum absolute atomic E-state index is 0.159. The Bertz CT molecular complexity index is 426. The van der Waals surface area contributed by atoms with Gasteiger partial charge in [0.05, 0.1) is 0 Å². The number of aromatic nitrogens is 1. The fourth-order valence-electron chi connectivity index (χ4n) is 1.31. The third kappa shape index (κ3) is 1.82. The quantitative estimate of drug-likeness (QED) is 0.744. The molecule has 3 nitrogen and oxygen atoms in total. The standard InChI is InChI=1S/C11H11NO2/c1-8(13)6-7-11-12-9-4-2-3-5-10(9)14-11/h2-5H,6-7H2,1H3. The molecule has 0 unspecified atom stereocenters. The summed E-state index contributed by atoms with van der Waals surface area (Å²) in [5.41, 5.74) is 1.64. The highest BCUT2D eigenvalue weighted by atomic mass is 16.3. The second-order valence-electron chi connectivity index (χ2n) is 3.28. The normalized spacial score (nSPS) is 10.6. The van der Waals surface area contributed by atoms with Crippen molar-refractivity contribution >= 4 is 16.9 Å². The zero-order chi connectivity index (χ0) is 9.97. The first kappa shape index (κ1) is 8.94. The SMILES string of the molecule is CC(=O)CCc1nc2ccccc2o1. The molecule has 0 N–H and O–H groups in total. The van der Waals surface area contributed by atoms with E-state index in [1.165, 1.54) is 0 Å². The molecule has 0 saturated carbocycles. The number of oxazole rings is 1. The van der Waals surface area contributed by atoms with Crippen LogP contribution < -0.4 is 0 Å². The monoisotopic (exact) mass is 189 g/mol. The molecule has 0 aliphatic carbocycles. The molecule has 0 amide bonds. The summed E-state index contributed by atoms with van der Waals surface area (Å²) in [6.45, 7) is 1.57. The van der Waals surface area contributed by atoms with Gasteiger partial charge >= 0.3 is 0 Å². The van der Waals surface area contributed by atoms with E-state index in [4.69, 9.17) is 4.42 Å². The van der Waals surface area contributed by atoms with Gasteiger partial charge in [-0.3, -0.25) is 0 Å². The number of Topliss-reactive ketones (excluding diaryl/α,β-unsaturated/α-hetero) is 1. The van der Waals surface area contributed by atoms with Crippen LogP contribution in [0.1, 0.15) is 19.2 Å². The highest BCUT2D eigenvalue weighted by Gasteiger charge is 2.05. The molecule has 72 valence electrons. The van der Waals surface area contributed by atoms with Crippen LogP contribution in [-0.2, 0) is 11.2 Å². The van der Waals surface area contributed by atoms with Gasteiger partial charge in [-0.25, -0.2) is 4.98 Å². The molecule has 0 aliphatic rings. The molecule has 0 fully saturated rings. The van der Waals surface area contributed by atoms with Crippen molar-refractivity contribution < 1.29 is 9.21 Å². The Labute approximate surface area is 81.7 Å². The van der Waals surface area contributed by atoms with Crippen molar-refractivity contribution in [2.75, 3.05) is 0 Å². The summed E-state index contributed by atoms with van der Waals surface area (Å²) in [6.07, 6.45) is 1.08. The maximum Gasteiger partial charge on any atom is 0.195 e. The van der Waals surface area contributed by atoms with Crippen molar-refractivity contribution in [3.8, 4) is 0 Å². The van der Waals surface area contributed by atoms with Crippen LogP contribution in [0.3, 0.4) is 0 Å². The van der Waals surface area contributed by atoms with E-state index in [2.05, 4.69) is 4.98 Å². The summed E-state index contributed by atoms with van der Waals surface area (Å²) >= 11 is 0. The summed E-state index contributed by atoms with van der Waals surface area (Å²) in [4.78, 5) is 15.0. The Morgan fingerprint density at radius 1 is 1.43 bits per heavy atom. The minimum Gasteiger partial charge on any atom is -0.441 e. The lowest BCUT2D eigenvalue weighted by atomic mass is 10.2. The molecule has 1 aromatic carbocycles. The number of rotatable bonds is 3. The number of carbonyl (C=O) groups is 1. The maximum absolute atomic E-state index is 10.8. The predicted octanol–water partition coefficient (Wildman–Crippen LogP) is 2.35. The molecule has 0 saturated heterocycles. The first-order valence-electron chi connectivity index (χ1n) is 4.59. The van der Waals surface area contributed by atoms with Crippen molar-refractivity contribution in [1.29, 1.82) is 0 Å². The molecule has 0 radical (unpaired) electrons. The summed E-state index contributed by atoms with van der Waals surface area (Å²) in [7, 11) is 0. The second kappa shape index (κ2) is 3.62. The molecule has 0 aliphatic heterocycles. The van der Waals surface area contributed by atoms with Gasteiger partial charge < -0.3 is 9.21 Å². The number of ketones is 1. The number of hydrogen-bond donors (Lipinski definition) is 0. The number of fused-ring (bicyclic) bond motifs is 1. The maximum atomic E-state index is 10.8. The number of hydrogen-bond acceptors (Lipinski definition) is 3. The minimum atomic E-state index is 0.159. The summed E-state index contributed by atoms with van der Waals surface area (Å²) < 4.78 is 5.46. The van der Waals surface area contributed by atoms with Gasteiger partial charge in [0.25, 0.3) is 0 Å². The van der Waals surface area contributed by atoms with Crippen molar-refractivity contribution in [2.45, 2.75) is 19.8 Å². The third-order valence-corrected chi connectivity index (χ3v) is 2.03. The van der Waals surface area contributed by atoms with Crippen LogP contribution >= 0.6 is 0 Å². The van der Waals surface area contributed by atoms with E-state index >= 15 is 0 Å². The average Bonchev–Trinajstić information content (AvgIpc) is 2.57. The van der Waals surface area contributed by atoms with E-state index in [0.717, 1.165) is 11.1 Å². The molecule has 2 rings (SSSR count). The third-order valence-electron chi connectivity index (χ3n) is 2.03. The predicted molar refractivity (Wildman–Crippen MR) is 53.0 cm³/mol. The molecule has 14 heavy (non-hydrogen) atoms. The molecule has 0 bridgehead atoms. The fourth-order valence-corrected chi connectivity index (χ4v) is 1.31. The van der Waals surface area contributed by atoms with Crippen molar-refractivity contribution in [2.24, 2.45) is 0 Å². The first-order chi connectivity index (χ1) is 6.75. The lowest BCUT2D eigenvalue weighted by molar-refractivity contribution is -0.117. The lowest BCUT2D eigenvalue weighted by Gasteiger charge is -1.89. The van der Waals surface area contributed by atoms with Crippen molar-refractivity contribution in [3.05, 3.63) is 30.2 Å². The van der Waals surface area contributed by atoms with E-state index in [1.54, 1.807) is 6.92 Å². The van der Waals surface area contributed by atoms with E-state index in [9.17, 15) is 4.79 Å². The molecule has 0 spiro atoms. The molecule has 0 atom stereocenters. The lowest BCUT2D eigenvalue weighted by Crippen LogP contribution is -1.93. The summed E-state index contributed by atoms with van der Waals surface area (Å²) in [5, 5.41) is 0. The number of para-hydroxylation sites is 2. The van der Waals surface area contributed by atoms with Gasteiger partial charge in [0.15, 0.2) is 11.5 Å². The second-order valence-corrected chi connectivity index (χ2v) is 3.28. The van der Waals surface area contributed by atoms with Crippen molar-refractivity contribution in [3.63, 3.8) is 0 Å². The van der Waals surface area contributed by atoms with E-state index in [1.807, 2.05) is 24.3 Å². The Morgan fingerprint density at radius 2 is 2.21 bits per heavy atom. The van der Waals surface area contributed by atoms with Crippen LogP contribution in [-0.4, -0.2) is 10.8 Å². The van der Waals surface area contributed by atoms with Gasteiger partial charge in [0, 0.05) is 12.8 Å². The zero-order valence-electron chi connectivity index (χ0n) is 7.99. The number of carbonyl (C=O) groups excluding carboxylic acids is 1. The number of benzene rings is 1. The summed E-state index contributed by atoms with van der Waals surface area (Å²) in [6, 6.07) is 7.59. The highest BCUT2D eigenvalue weighted by Crippen LogP contribution is 2.15. The van der Waals surface area contributed by atoms with Crippen LogP contribution in [0.25, 0.3) is 11.1 Å². The smallest absolute Gasteiger partial charge is 0.195 e. The molecular formula is C11H11NO2. The highest BCUT2D eigenvalue weighted by molar-refractivity contribution is 5.76. The topological polar surface area (TPSA) is 43.1 Å². The Hall–Kier alpha value is -1.64. The van der Waals surface area contributed by atoms with Crippen molar-refractivity contribution in [1.82, 2.24) is 4.98 Å². The fraction of sp³-hybridized carbons (Fsp3) is 0.273. The average molecular weight is 189 g/mol. The van der Waals surface area contributed by atoms with E-state index < -0.39 is 0 Å². The molecule has 1 aromatic heterocycles. The van der Waals surface area contributed by atoms with Crippen LogP contribution in [0.5, 0.6) is 0 Å². The number of aryl methyl sites for hydroxylation is 1. The van der Waals surface area contributed by atoms with Crippen LogP contribution in [0, 0.1) is 0 Å². The molecule has 3 heteroatoms. The molecular weight excluding hydrogens is 178 g/mol. The van der Waals surface area contributed by atoms with Gasteiger partial charge in [-0.15, -0.1) is 0 Å². The van der Waals surface area contributed by atoms with Gasteiger partial charge in [-0.2, -0.15) is 0 Å². The molecule has 2 aromatic rings. The Kier molecular flexibility index (Phi) is 2.31. The Morgan fingerprint density at radius 3 is 2.93 bits per heavy atom. The largest absolute Gasteiger partial charge is 0.441 e. The van der Waals surface area contributed by atoms with Gasteiger partial charge in [-0.05, 0) is 19.1 Å².